The first-order valence-electron chi connectivity index (χ1n) is 7.64. The third-order valence-corrected chi connectivity index (χ3v) is 4.88. The Hall–Kier alpha value is -2.78. The van der Waals surface area contributed by atoms with Crippen molar-refractivity contribution in [2.75, 3.05) is 10.6 Å². The fourth-order valence-electron chi connectivity index (χ4n) is 2.09. The number of carbonyl (C=O) groups is 2. The predicted octanol–water partition coefficient (Wildman–Crippen LogP) is 2.09. The molecule has 2 amide bonds. The summed E-state index contributed by atoms with van der Waals surface area (Å²) in [5.41, 5.74) is 0.124. The van der Waals surface area contributed by atoms with Crippen LogP contribution in [0.5, 0.6) is 0 Å². The third kappa shape index (κ3) is 5.11. The van der Waals surface area contributed by atoms with Crippen LogP contribution in [0.1, 0.15) is 13.8 Å². The molecule has 2 aromatic carbocycles. The summed E-state index contributed by atoms with van der Waals surface area (Å²) >= 11 is 0. The monoisotopic (exact) mass is 379 g/mol. The van der Waals surface area contributed by atoms with Crippen LogP contribution in [0, 0.1) is 5.82 Å². The molecule has 2 rings (SSSR count). The van der Waals surface area contributed by atoms with Gasteiger partial charge in [-0.2, -0.15) is 4.72 Å². The maximum Gasteiger partial charge on any atom is 0.242 e. The van der Waals surface area contributed by atoms with Crippen molar-refractivity contribution in [2.45, 2.75) is 24.8 Å². The minimum atomic E-state index is -3.86. The second-order valence-electron chi connectivity index (χ2n) is 5.52. The standard InChI is InChI=1S/C17H18FN3O4S/c1-11(21-26(24,25)14-6-4-3-5-7-14)17(23)20-13-8-9-15(18)16(10-13)19-12(2)22/h3-11,21H,1-2H3,(H,19,22)(H,20,23)/t11-/m0/s1. The Morgan fingerprint density at radius 1 is 1.04 bits per heavy atom. The number of hydrogen-bond acceptors (Lipinski definition) is 4. The number of halogens is 1. The molecule has 7 nitrogen and oxygen atoms in total. The highest BCUT2D eigenvalue weighted by Gasteiger charge is 2.22. The smallest absolute Gasteiger partial charge is 0.242 e. The van der Waals surface area contributed by atoms with Crippen LogP contribution in [-0.2, 0) is 19.6 Å². The van der Waals surface area contributed by atoms with E-state index in [4.69, 9.17) is 0 Å². The Morgan fingerprint density at radius 3 is 2.31 bits per heavy atom. The highest BCUT2D eigenvalue weighted by molar-refractivity contribution is 7.89. The molecular formula is C17H18FN3O4S. The van der Waals surface area contributed by atoms with Crippen LogP contribution in [0.25, 0.3) is 0 Å². The number of rotatable bonds is 6. The summed E-state index contributed by atoms with van der Waals surface area (Å²) in [7, 11) is -3.86. The molecule has 26 heavy (non-hydrogen) atoms. The Kier molecular flexibility index (Phi) is 6.06. The molecule has 3 N–H and O–H groups in total. The molecule has 0 aromatic heterocycles. The molecule has 138 valence electrons. The molecule has 1 atom stereocenters. The van der Waals surface area contributed by atoms with E-state index in [1.165, 1.54) is 38.1 Å². The van der Waals surface area contributed by atoms with E-state index in [1.54, 1.807) is 18.2 Å². The number of sulfonamides is 1. The quantitative estimate of drug-likeness (QED) is 0.715. The molecule has 0 spiro atoms. The van der Waals surface area contributed by atoms with Gasteiger partial charge in [-0.1, -0.05) is 18.2 Å². The van der Waals surface area contributed by atoms with Crippen LogP contribution in [-0.4, -0.2) is 26.3 Å². The summed E-state index contributed by atoms with van der Waals surface area (Å²) in [6, 6.07) is 10.2. The highest BCUT2D eigenvalue weighted by Crippen LogP contribution is 2.20. The first kappa shape index (κ1) is 19.5. The van der Waals surface area contributed by atoms with Crippen molar-refractivity contribution in [1.82, 2.24) is 4.72 Å². The van der Waals surface area contributed by atoms with E-state index in [0.717, 1.165) is 6.07 Å². The van der Waals surface area contributed by atoms with Crippen molar-refractivity contribution in [3.8, 4) is 0 Å². The fourth-order valence-corrected chi connectivity index (χ4v) is 3.32. The molecule has 0 heterocycles. The summed E-state index contributed by atoms with van der Waals surface area (Å²) < 4.78 is 40.3. The summed E-state index contributed by atoms with van der Waals surface area (Å²) in [6.45, 7) is 2.61. The van der Waals surface area contributed by atoms with E-state index < -0.39 is 33.7 Å². The lowest BCUT2D eigenvalue weighted by molar-refractivity contribution is -0.117. The second kappa shape index (κ2) is 8.07. The van der Waals surface area contributed by atoms with Gasteiger partial charge in [0.05, 0.1) is 16.6 Å². The van der Waals surface area contributed by atoms with E-state index in [1.807, 2.05) is 0 Å². The summed E-state index contributed by atoms with van der Waals surface area (Å²) in [5, 5.41) is 4.77. The minimum Gasteiger partial charge on any atom is -0.325 e. The van der Waals surface area contributed by atoms with Gasteiger partial charge >= 0.3 is 0 Å². The van der Waals surface area contributed by atoms with Crippen LogP contribution in [0.15, 0.2) is 53.4 Å². The van der Waals surface area contributed by atoms with Crippen LogP contribution >= 0.6 is 0 Å². The van der Waals surface area contributed by atoms with Crippen molar-refractivity contribution in [1.29, 1.82) is 0 Å². The van der Waals surface area contributed by atoms with Gasteiger partial charge in [-0.3, -0.25) is 9.59 Å². The number of hydrogen-bond donors (Lipinski definition) is 3. The topological polar surface area (TPSA) is 104 Å². The molecule has 2 aromatic rings. The van der Waals surface area contributed by atoms with E-state index in [0.29, 0.717) is 0 Å². The number of nitrogens with one attached hydrogen (secondary N) is 3. The van der Waals surface area contributed by atoms with Gasteiger partial charge in [-0.05, 0) is 37.3 Å². The SMILES string of the molecule is CC(=O)Nc1cc(NC(=O)[C@H](C)NS(=O)(=O)c2ccccc2)ccc1F. The molecule has 0 bridgehead atoms. The van der Waals surface area contributed by atoms with E-state index in [-0.39, 0.29) is 16.3 Å². The van der Waals surface area contributed by atoms with Gasteiger partial charge in [0.2, 0.25) is 21.8 Å². The van der Waals surface area contributed by atoms with Crippen molar-refractivity contribution in [3.05, 3.63) is 54.3 Å². The zero-order valence-corrected chi connectivity index (χ0v) is 14.9. The van der Waals surface area contributed by atoms with Gasteiger partial charge in [-0.15, -0.1) is 0 Å². The molecule has 0 fully saturated rings. The van der Waals surface area contributed by atoms with E-state index >= 15 is 0 Å². The van der Waals surface area contributed by atoms with Gasteiger partial charge in [0.25, 0.3) is 0 Å². The zero-order chi connectivity index (χ0) is 19.3. The van der Waals surface area contributed by atoms with Crippen molar-refractivity contribution in [2.24, 2.45) is 0 Å². The average molecular weight is 379 g/mol. The summed E-state index contributed by atoms with van der Waals surface area (Å²) in [6.07, 6.45) is 0. The molecule has 0 saturated carbocycles. The minimum absolute atomic E-state index is 0.0365. The maximum atomic E-state index is 13.6. The van der Waals surface area contributed by atoms with Gasteiger partial charge in [0, 0.05) is 12.6 Å². The second-order valence-corrected chi connectivity index (χ2v) is 7.24. The summed E-state index contributed by atoms with van der Waals surface area (Å²) in [5.74, 6) is -1.75. The third-order valence-electron chi connectivity index (χ3n) is 3.32. The molecule has 0 aliphatic carbocycles. The van der Waals surface area contributed by atoms with E-state index in [2.05, 4.69) is 15.4 Å². The normalized spacial score (nSPS) is 12.3. The first-order valence-corrected chi connectivity index (χ1v) is 9.13. The summed E-state index contributed by atoms with van der Waals surface area (Å²) in [4.78, 5) is 23.3. The number of amides is 2. The van der Waals surface area contributed by atoms with E-state index in [9.17, 15) is 22.4 Å². The largest absolute Gasteiger partial charge is 0.325 e. The van der Waals surface area contributed by atoms with Crippen molar-refractivity contribution >= 4 is 33.2 Å². The Labute approximate surface area is 150 Å². The molecule has 0 radical (unpaired) electrons. The number of benzene rings is 2. The average Bonchev–Trinajstić information content (AvgIpc) is 2.58. The number of anilines is 2. The Balaban J connectivity index is 2.09. The predicted molar refractivity (Wildman–Crippen MR) is 95.6 cm³/mol. The first-order chi connectivity index (χ1) is 12.2. The molecule has 9 heteroatoms. The lowest BCUT2D eigenvalue weighted by Gasteiger charge is -2.15. The highest BCUT2D eigenvalue weighted by atomic mass is 32.2. The van der Waals surface area contributed by atoms with Gasteiger partial charge in [0.15, 0.2) is 0 Å². The van der Waals surface area contributed by atoms with Gasteiger partial charge in [0.1, 0.15) is 5.82 Å². The lowest BCUT2D eigenvalue weighted by Crippen LogP contribution is -2.41. The lowest BCUT2D eigenvalue weighted by atomic mass is 10.2. The molecule has 0 unspecified atom stereocenters. The Bertz CT molecular complexity index is 917. The van der Waals surface area contributed by atoms with Crippen LogP contribution in [0.3, 0.4) is 0 Å². The fraction of sp³-hybridized carbons (Fsp3) is 0.176. The van der Waals surface area contributed by atoms with Gasteiger partial charge < -0.3 is 10.6 Å². The Morgan fingerprint density at radius 2 is 1.69 bits per heavy atom. The van der Waals surface area contributed by atoms with Crippen LogP contribution in [0.2, 0.25) is 0 Å². The zero-order valence-electron chi connectivity index (χ0n) is 14.1. The number of carbonyl (C=O) groups excluding carboxylic acids is 2. The molecular weight excluding hydrogens is 361 g/mol. The van der Waals surface area contributed by atoms with Gasteiger partial charge in [-0.25, -0.2) is 12.8 Å². The maximum absolute atomic E-state index is 13.6. The molecule has 0 aliphatic heterocycles. The van der Waals surface area contributed by atoms with Crippen LogP contribution < -0.4 is 15.4 Å². The van der Waals surface area contributed by atoms with Crippen molar-refractivity contribution < 1.29 is 22.4 Å². The van der Waals surface area contributed by atoms with Crippen LogP contribution in [0.4, 0.5) is 15.8 Å². The molecule has 0 saturated heterocycles. The van der Waals surface area contributed by atoms with Crippen molar-refractivity contribution in [3.63, 3.8) is 0 Å². The molecule has 0 aliphatic rings.